The molecule has 16 heavy (non-hydrogen) atoms. The number of alkyl halides is 3. The quantitative estimate of drug-likeness (QED) is 0.739. The highest BCUT2D eigenvalue weighted by Gasteiger charge is 2.33. The molecule has 5 nitrogen and oxygen atoms in total. The molecule has 9 heteroatoms. The highest BCUT2D eigenvalue weighted by atomic mass is 32.2. The third-order valence-electron chi connectivity index (χ3n) is 2.22. The lowest BCUT2D eigenvalue weighted by molar-refractivity contribution is -0.121. The smallest absolute Gasteiger partial charge is 0.327 e. The van der Waals surface area contributed by atoms with Crippen molar-refractivity contribution in [1.29, 1.82) is 0 Å². The van der Waals surface area contributed by atoms with E-state index in [1.807, 2.05) is 0 Å². The average molecular weight is 261 g/mol. The molecule has 0 aromatic rings. The van der Waals surface area contributed by atoms with Crippen LogP contribution in [0.1, 0.15) is 12.8 Å². The highest BCUT2D eigenvalue weighted by Crippen LogP contribution is 2.15. The molecule has 0 unspecified atom stereocenters. The minimum atomic E-state index is -4.55. The van der Waals surface area contributed by atoms with Crippen molar-refractivity contribution >= 4 is 10.2 Å². The first-order chi connectivity index (χ1) is 7.21. The van der Waals surface area contributed by atoms with Crippen LogP contribution in [-0.4, -0.2) is 44.6 Å². The molecular weight excluding hydrogens is 247 g/mol. The van der Waals surface area contributed by atoms with Crippen LogP contribution < -0.4 is 10.5 Å². The van der Waals surface area contributed by atoms with Gasteiger partial charge in [0.05, 0.1) is 0 Å². The molecule has 0 radical (unpaired) electrons. The second-order valence-corrected chi connectivity index (χ2v) is 5.46. The van der Waals surface area contributed by atoms with E-state index in [-0.39, 0.29) is 19.1 Å². The van der Waals surface area contributed by atoms with Crippen LogP contribution in [0.2, 0.25) is 0 Å². The van der Waals surface area contributed by atoms with Crippen molar-refractivity contribution in [3.63, 3.8) is 0 Å². The zero-order chi connectivity index (χ0) is 12.4. The number of nitrogens with zero attached hydrogens (tertiary/aromatic N) is 1. The molecular formula is C7H14F3N3O2S. The molecule has 1 aliphatic heterocycles. The van der Waals surface area contributed by atoms with Crippen molar-refractivity contribution in [3.8, 4) is 0 Å². The van der Waals surface area contributed by atoms with Gasteiger partial charge in [0.1, 0.15) is 6.54 Å². The van der Waals surface area contributed by atoms with Gasteiger partial charge in [0, 0.05) is 19.1 Å². The van der Waals surface area contributed by atoms with Gasteiger partial charge in [-0.2, -0.15) is 30.6 Å². The molecule has 96 valence electrons. The fraction of sp³-hybridized carbons (Fsp3) is 1.00. The van der Waals surface area contributed by atoms with Crippen molar-refractivity contribution < 1.29 is 21.6 Å². The molecule has 1 fully saturated rings. The van der Waals surface area contributed by atoms with E-state index >= 15 is 0 Å². The molecule has 1 heterocycles. The van der Waals surface area contributed by atoms with Gasteiger partial charge in [-0.1, -0.05) is 0 Å². The summed E-state index contributed by atoms with van der Waals surface area (Å²) in [4.78, 5) is 0. The van der Waals surface area contributed by atoms with Crippen LogP contribution in [0.4, 0.5) is 13.2 Å². The number of rotatable bonds is 3. The Morgan fingerprint density at radius 2 is 2.06 bits per heavy atom. The standard InChI is InChI=1S/C7H14F3N3O2S/c8-7(9,10)5-12-16(14,15)13-3-1-2-6(11)4-13/h6,12H,1-5,11H2/t6-/m1/s1. The number of nitrogens with two attached hydrogens (primary N) is 1. The summed E-state index contributed by atoms with van der Waals surface area (Å²) in [6.07, 6.45) is -3.30. The predicted molar refractivity (Wildman–Crippen MR) is 51.8 cm³/mol. The molecule has 0 aliphatic carbocycles. The second kappa shape index (κ2) is 4.86. The molecule has 3 N–H and O–H groups in total. The maximum absolute atomic E-state index is 11.9. The van der Waals surface area contributed by atoms with Crippen LogP contribution in [0.3, 0.4) is 0 Å². The van der Waals surface area contributed by atoms with E-state index in [1.165, 1.54) is 4.72 Å². The minimum absolute atomic E-state index is 0.0627. The molecule has 0 saturated carbocycles. The van der Waals surface area contributed by atoms with Gasteiger partial charge in [0.15, 0.2) is 0 Å². The summed E-state index contributed by atoms with van der Waals surface area (Å²) in [5.41, 5.74) is 5.55. The Morgan fingerprint density at radius 3 is 2.56 bits per heavy atom. The maximum atomic E-state index is 11.9. The Balaban J connectivity index is 2.56. The molecule has 0 amide bonds. The van der Waals surface area contributed by atoms with Gasteiger partial charge in [-0.15, -0.1) is 0 Å². The predicted octanol–water partition coefficient (Wildman–Crippen LogP) is -0.194. The van der Waals surface area contributed by atoms with Gasteiger partial charge in [0.25, 0.3) is 10.2 Å². The summed E-state index contributed by atoms with van der Waals surface area (Å²) in [5.74, 6) is 0. The number of halogens is 3. The van der Waals surface area contributed by atoms with Crippen LogP contribution in [-0.2, 0) is 10.2 Å². The van der Waals surface area contributed by atoms with Crippen molar-refractivity contribution in [2.24, 2.45) is 5.73 Å². The van der Waals surface area contributed by atoms with E-state index in [4.69, 9.17) is 5.73 Å². The first kappa shape index (κ1) is 13.7. The first-order valence-electron chi connectivity index (χ1n) is 4.78. The molecule has 1 saturated heterocycles. The fourth-order valence-corrected chi connectivity index (χ4v) is 2.74. The lowest BCUT2D eigenvalue weighted by atomic mass is 10.1. The van der Waals surface area contributed by atoms with Crippen molar-refractivity contribution in [2.75, 3.05) is 19.6 Å². The molecule has 0 spiro atoms. The van der Waals surface area contributed by atoms with E-state index in [0.717, 1.165) is 4.31 Å². The largest absolute Gasteiger partial charge is 0.402 e. The number of hydrogen-bond acceptors (Lipinski definition) is 3. The van der Waals surface area contributed by atoms with E-state index in [0.29, 0.717) is 12.8 Å². The fourth-order valence-electron chi connectivity index (χ4n) is 1.46. The third kappa shape index (κ3) is 4.24. The molecule has 1 atom stereocenters. The first-order valence-corrected chi connectivity index (χ1v) is 6.22. The van der Waals surface area contributed by atoms with Crippen LogP contribution in [0.5, 0.6) is 0 Å². The summed E-state index contributed by atoms with van der Waals surface area (Å²) >= 11 is 0. The SMILES string of the molecule is N[C@@H]1CCCN(S(=O)(=O)NCC(F)(F)F)C1. The zero-order valence-corrected chi connectivity index (χ0v) is 9.31. The summed E-state index contributed by atoms with van der Waals surface area (Å²) in [5, 5.41) is 0. The Hall–Kier alpha value is -0.380. The van der Waals surface area contributed by atoms with Crippen LogP contribution in [0.25, 0.3) is 0 Å². The maximum Gasteiger partial charge on any atom is 0.402 e. The second-order valence-electron chi connectivity index (χ2n) is 3.70. The molecule has 0 aromatic carbocycles. The summed E-state index contributed by atoms with van der Waals surface area (Å²) in [7, 11) is -4.07. The van der Waals surface area contributed by atoms with Gasteiger partial charge in [-0.05, 0) is 12.8 Å². The van der Waals surface area contributed by atoms with Gasteiger partial charge >= 0.3 is 6.18 Å². The van der Waals surface area contributed by atoms with Gasteiger partial charge in [-0.3, -0.25) is 0 Å². The van der Waals surface area contributed by atoms with Crippen molar-refractivity contribution in [2.45, 2.75) is 25.1 Å². The van der Waals surface area contributed by atoms with Crippen LogP contribution >= 0.6 is 0 Å². The minimum Gasteiger partial charge on any atom is -0.327 e. The summed E-state index contributed by atoms with van der Waals surface area (Å²) in [6.45, 7) is -1.28. The number of nitrogens with one attached hydrogen (secondary N) is 1. The normalized spacial score (nSPS) is 24.6. The lowest BCUT2D eigenvalue weighted by Crippen LogP contribution is -2.51. The van der Waals surface area contributed by atoms with Gasteiger partial charge in [0.2, 0.25) is 0 Å². The topological polar surface area (TPSA) is 75.4 Å². The number of hydrogen-bond donors (Lipinski definition) is 2. The van der Waals surface area contributed by atoms with E-state index < -0.39 is 22.9 Å². The zero-order valence-electron chi connectivity index (χ0n) is 8.50. The lowest BCUT2D eigenvalue weighted by Gasteiger charge is -2.29. The Labute approximate surface area is 92.0 Å². The van der Waals surface area contributed by atoms with Crippen LogP contribution in [0, 0.1) is 0 Å². The Bertz CT molecular complexity index is 330. The highest BCUT2D eigenvalue weighted by molar-refractivity contribution is 7.87. The van der Waals surface area contributed by atoms with Gasteiger partial charge in [-0.25, -0.2) is 0 Å². The van der Waals surface area contributed by atoms with E-state index in [2.05, 4.69) is 0 Å². The number of piperidine rings is 1. The van der Waals surface area contributed by atoms with Crippen LogP contribution in [0.15, 0.2) is 0 Å². The van der Waals surface area contributed by atoms with Crippen molar-refractivity contribution in [3.05, 3.63) is 0 Å². The molecule has 1 rings (SSSR count). The Morgan fingerprint density at radius 1 is 1.44 bits per heavy atom. The summed E-state index contributed by atoms with van der Waals surface area (Å²) in [6, 6.07) is -0.309. The average Bonchev–Trinajstić information content (AvgIpc) is 2.14. The van der Waals surface area contributed by atoms with E-state index in [9.17, 15) is 21.6 Å². The summed E-state index contributed by atoms with van der Waals surface area (Å²) < 4.78 is 60.9. The molecule has 1 aliphatic rings. The molecule has 0 aromatic heterocycles. The van der Waals surface area contributed by atoms with Crippen molar-refractivity contribution in [1.82, 2.24) is 9.03 Å². The third-order valence-corrected chi connectivity index (χ3v) is 3.74. The van der Waals surface area contributed by atoms with E-state index in [1.54, 1.807) is 0 Å². The molecule has 0 bridgehead atoms. The monoisotopic (exact) mass is 261 g/mol. The Kier molecular flexibility index (Phi) is 4.16. The van der Waals surface area contributed by atoms with Gasteiger partial charge < -0.3 is 5.73 Å².